The summed E-state index contributed by atoms with van der Waals surface area (Å²) >= 11 is 0. The molecule has 1 rings (SSSR count). The predicted molar refractivity (Wildman–Crippen MR) is 53.1 cm³/mol. The van der Waals surface area contributed by atoms with Crippen LogP contribution in [-0.4, -0.2) is 10.5 Å². The molecule has 0 radical (unpaired) electrons. The van der Waals surface area contributed by atoms with Crippen molar-refractivity contribution in [2.24, 2.45) is 0 Å². The molecule has 1 heterocycles. The van der Waals surface area contributed by atoms with Gasteiger partial charge in [0.15, 0.2) is 6.07 Å². The van der Waals surface area contributed by atoms with E-state index in [9.17, 15) is 10.1 Å². The monoisotopic (exact) mass is 219 g/mol. The van der Waals surface area contributed by atoms with Gasteiger partial charge in [-0.1, -0.05) is 0 Å². The summed E-state index contributed by atoms with van der Waals surface area (Å²) in [5.74, 6) is -0.238. The van der Waals surface area contributed by atoms with Crippen molar-refractivity contribution in [2.45, 2.75) is 26.4 Å². The maximum atomic E-state index is 10.6. The van der Waals surface area contributed by atoms with Gasteiger partial charge in [0, 0.05) is 0 Å². The standard InChI is InChI=1S/C10H9N3O3/c1-6-7(4-11)9(16-10(6,2)3)8(5-12)13(14)15/h1-3H3. The fourth-order valence-electron chi connectivity index (χ4n) is 1.33. The lowest BCUT2D eigenvalue weighted by molar-refractivity contribution is -0.420. The molecule has 0 bridgehead atoms. The summed E-state index contributed by atoms with van der Waals surface area (Å²) in [7, 11) is 0. The molecule has 6 heteroatoms. The van der Waals surface area contributed by atoms with Crippen LogP contribution in [0.25, 0.3) is 0 Å². The maximum absolute atomic E-state index is 10.6. The molecule has 0 N–H and O–H groups in total. The first kappa shape index (κ1) is 11.7. The largest absolute Gasteiger partial charge is 0.475 e. The summed E-state index contributed by atoms with van der Waals surface area (Å²) in [4.78, 5) is 9.76. The number of hydrogen-bond acceptors (Lipinski definition) is 5. The number of nitrogens with zero attached hydrogens (tertiary/aromatic N) is 3. The van der Waals surface area contributed by atoms with Crippen molar-refractivity contribution in [1.29, 1.82) is 10.5 Å². The minimum atomic E-state index is -0.846. The van der Waals surface area contributed by atoms with Crippen molar-refractivity contribution < 1.29 is 9.66 Å². The first-order valence-electron chi connectivity index (χ1n) is 4.44. The Balaban J connectivity index is 3.50. The molecule has 0 atom stereocenters. The van der Waals surface area contributed by atoms with Gasteiger partial charge in [0.2, 0.25) is 5.76 Å². The van der Waals surface area contributed by atoms with Gasteiger partial charge < -0.3 is 4.74 Å². The van der Waals surface area contributed by atoms with Crippen LogP contribution >= 0.6 is 0 Å². The zero-order valence-corrected chi connectivity index (χ0v) is 9.07. The molecule has 0 unspecified atom stereocenters. The highest BCUT2D eigenvalue weighted by Gasteiger charge is 2.40. The van der Waals surface area contributed by atoms with Gasteiger partial charge in [0.25, 0.3) is 0 Å². The number of rotatable bonds is 1. The van der Waals surface area contributed by atoms with E-state index in [2.05, 4.69) is 0 Å². The minimum Gasteiger partial charge on any atom is -0.475 e. The van der Waals surface area contributed by atoms with Crippen molar-refractivity contribution in [3.63, 3.8) is 0 Å². The quantitative estimate of drug-likeness (QED) is 0.379. The Hall–Kier alpha value is -2.34. The molecule has 0 aromatic heterocycles. The molecular formula is C10H9N3O3. The summed E-state index contributed by atoms with van der Waals surface area (Å²) in [6, 6.07) is 3.27. The molecule has 82 valence electrons. The average Bonchev–Trinajstić information content (AvgIpc) is 2.39. The molecule has 1 aliphatic rings. The van der Waals surface area contributed by atoms with Crippen molar-refractivity contribution in [3.05, 3.63) is 32.7 Å². The molecule has 0 amide bonds. The van der Waals surface area contributed by atoms with E-state index >= 15 is 0 Å². The molecule has 1 aliphatic heterocycles. The highest BCUT2D eigenvalue weighted by atomic mass is 16.6. The predicted octanol–water partition coefficient (Wildman–Crippen LogP) is 1.65. The molecule has 0 fully saturated rings. The van der Waals surface area contributed by atoms with Crippen LogP contribution in [0.15, 0.2) is 22.6 Å². The second-order valence-electron chi connectivity index (χ2n) is 3.77. The fraction of sp³-hybridized carbons (Fsp3) is 0.400. The third-order valence-electron chi connectivity index (χ3n) is 2.48. The second-order valence-corrected chi connectivity index (χ2v) is 3.77. The van der Waals surface area contributed by atoms with Gasteiger partial charge >= 0.3 is 5.70 Å². The Bertz CT molecular complexity index is 500. The van der Waals surface area contributed by atoms with Gasteiger partial charge in [-0.3, -0.25) is 10.1 Å². The number of nitriles is 2. The topological polar surface area (TPSA) is 100.0 Å². The lowest BCUT2D eigenvalue weighted by atomic mass is 9.97. The van der Waals surface area contributed by atoms with Crippen molar-refractivity contribution in [3.8, 4) is 12.1 Å². The molecule has 0 aromatic rings. The van der Waals surface area contributed by atoms with Crippen molar-refractivity contribution >= 4 is 0 Å². The summed E-state index contributed by atoms with van der Waals surface area (Å²) in [5, 5.41) is 28.2. The Morgan fingerprint density at radius 1 is 1.50 bits per heavy atom. The maximum Gasteiger partial charge on any atom is 0.388 e. The number of allylic oxidation sites excluding steroid dienone is 2. The average molecular weight is 219 g/mol. The molecule has 0 saturated carbocycles. The first-order chi connectivity index (χ1) is 7.35. The summed E-state index contributed by atoms with van der Waals surface area (Å²) in [6.07, 6.45) is 0. The molecular weight excluding hydrogens is 210 g/mol. The van der Waals surface area contributed by atoms with Gasteiger partial charge in [-0.05, 0) is 26.3 Å². The molecule has 0 aromatic carbocycles. The minimum absolute atomic E-state index is 0.0678. The third kappa shape index (κ3) is 1.61. The highest BCUT2D eigenvalue weighted by Crippen LogP contribution is 2.38. The molecule has 0 aliphatic carbocycles. The fourth-order valence-corrected chi connectivity index (χ4v) is 1.33. The Morgan fingerprint density at radius 3 is 2.44 bits per heavy atom. The zero-order chi connectivity index (χ0) is 12.5. The lowest BCUT2D eigenvalue weighted by Crippen LogP contribution is -2.20. The normalized spacial score (nSPS) is 20.8. The van der Waals surface area contributed by atoms with Crippen molar-refractivity contribution in [2.75, 3.05) is 0 Å². The Labute approximate surface area is 92.2 Å². The third-order valence-corrected chi connectivity index (χ3v) is 2.48. The first-order valence-corrected chi connectivity index (χ1v) is 4.44. The smallest absolute Gasteiger partial charge is 0.388 e. The van der Waals surface area contributed by atoms with Gasteiger partial charge in [0.05, 0.1) is 4.92 Å². The molecule has 0 spiro atoms. The van der Waals surface area contributed by atoms with E-state index in [0.29, 0.717) is 5.57 Å². The van der Waals surface area contributed by atoms with Crippen LogP contribution in [0.3, 0.4) is 0 Å². The Morgan fingerprint density at radius 2 is 2.06 bits per heavy atom. The molecule has 6 nitrogen and oxygen atoms in total. The van der Waals surface area contributed by atoms with E-state index in [1.54, 1.807) is 20.8 Å². The number of hydrogen-bond donors (Lipinski definition) is 0. The van der Waals surface area contributed by atoms with E-state index < -0.39 is 16.2 Å². The van der Waals surface area contributed by atoms with Gasteiger partial charge in [-0.15, -0.1) is 0 Å². The SMILES string of the molecule is CC1=C(C#N)C(=C(C#N)[N+](=O)[O-])OC1(C)C. The second kappa shape index (κ2) is 3.67. The summed E-state index contributed by atoms with van der Waals surface area (Å²) in [6.45, 7) is 5.02. The number of nitro groups is 1. The van der Waals surface area contributed by atoms with Gasteiger partial charge in [-0.2, -0.15) is 10.5 Å². The molecule has 0 saturated heterocycles. The van der Waals surface area contributed by atoms with E-state index in [1.807, 2.05) is 6.07 Å². The van der Waals surface area contributed by atoms with Gasteiger partial charge in [-0.25, -0.2) is 0 Å². The van der Waals surface area contributed by atoms with Crippen LogP contribution in [-0.2, 0) is 4.74 Å². The van der Waals surface area contributed by atoms with Gasteiger partial charge in [0.1, 0.15) is 17.2 Å². The van der Waals surface area contributed by atoms with Crippen molar-refractivity contribution in [1.82, 2.24) is 0 Å². The zero-order valence-electron chi connectivity index (χ0n) is 9.07. The van der Waals surface area contributed by atoms with E-state index in [-0.39, 0.29) is 11.3 Å². The van der Waals surface area contributed by atoms with Crippen LogP contribution in [0.1, 0.15) is 20.8 Å². The molecule has 16 heavy (non-hydrogen) atoms. The van der Waals surface area contributed by atoms with Crippen LogP contribution in [0.4, 0.5) is 0 Å². The highest BCUT2D eigenvalue weighted by molar-refractivity contribution is 5.51. The Kier molecular flexibility index (Phi) is 2.69. The number of ether oxygens (including phenoxy) is 1. The van der Waals surface area contributed by atoms with Crippen LogP contribution in [0.5, 0.6) is 0 Å². The van der Waals surface area contributed by atoms with Crippen LogP contribution in [0.2, 0.25) is 0 Å². The van der Waals surface area contributed by atoms with Crippen LogP contribution < -0.4 is 0 Å². The summed E-state index contributed by atoms with van der Waals surface area (Å²) in [5.41, 5.74) is -0.877. The van der Waals surface area contributed by atoms with E-state index in [4.69, 9.17) is 15.3 Å². The van der Waals surface area contributed by atoms with E-state index in [1.165, 1.54) is 6.07 Å². The van der Waals surface area contributed by atoms with Crippen LogP contribution in [0, 0.1) is 32.8 Å². The van der Waals surface area contributed by atoms with E-state index in [0.717, 1.165) is 0 Å². The lowest BCUT2D eigenvalue weighted by Gasteiger charge is -2.19. The summed E-state index contributed by atoms with van der Waals surface area (Å²) < 4.78 is 5.30.